The molecule has 1 aliphatic rings. The van der Waals surface area contributed by atoms with Gasteiger partial charge in [0.1, 0.15) is 0 Å². The van der Waals surface area contributed by atoms with Crippen LogP contribution in [0.4, 0.5) is 8.78 Å². The third kappa shape index (κ3) is 26.8. The molecule has 0 radical (unpaired) electrons. The van der Waals surface area contributed by atoms with Crippen LogP contribution in [0.15, 0.2) is 23.8 Å². The van der Waals surface area contributed by atoms with E-state index in [2.05, 4.69) is 10.6 Å². The Morgan fingerprint density at radius 1 is 0.447 bits per heavy atom. The molecule has 2 amide bonds. The minimum Gasteiger partial charge on any atom is -0.396 e. The number of carbonyl (C=O) groups is 2. The largest absolute Gasteiger partial charge is 0.396 e. The maximum atomic E-state index is 14.2. The SMILES string of the molecule is O=C(N[C@@H]1C[C@H]1NC(=O)C(F)=CCCCCCCCCCCCCCCCO)C(F)=CCCCCCCCCCCCCCCCO. The zero-order valence-corrected chi connectivity index (χ0v) is 29.7. The van der Waals surface area contributed by atoms with Crippen molar-refractivity contribution in [2.24, 2.45) is 0 Å². The lowest BCUT2D eigenvalue weighted by molar-refractivity contribution is -0.120. The van der Waals surface area contributed by atoms with Crippen LogP contribution in [0.1, 0.15) is 186 Å². The van der Waals surface area contributed by atoms with Gasteiger partial charge in [0.15, 0.2) is 11.7 Å². The van der Waals surface area contributed by atoms with Crippen LogP contribution in [-0.4, -0.2) is 47.3 Å². The Kier molecular flexibility index (Phi) is 28.9. The first kappa shape index (κ1) is 43.2. The maximum absolute atomic E-state index is 14.2. The predicted octanol–water partition coefficient (Wildman–Crippen LogP) is 9.97. The van der Waals surface area contributed by atoms with Crippen molar-refractivity contribution in [1.82, 2.24) is 10.6 Å². The molecule has 6 nitrogen and oxygen atoms in total. The summed E-state index contributed by atoms with van der Waals surface area (Å²) in [6, 6.07) is -0.719. The predicted molar refractivity (Wildman–Crippen MR) is 190 cm³/mol. The molecule has 1 saturated carbocycles. The first-order valence-corrected chi connectivity index (χ1v) is 19.5. The number of allylic oxidation sites excluding steroid dienone is 2. The van der Waals surface area contributed by atoms with E-state index in [0.717, 1.165) is 64.2 Å². The average Bonchev–Trinajstić information content (AvgIpc) is 3.80. The van der Waals surface area contributed by atoms with Crippen LogP contribution in [0.2, 0.25) is 0 Å². The van der Waals surface area contributed by atoms with Crippen molar-refractivity contribution in [3.63, 3.8) is 0 Å². The van der Waals surface area contributed by atoms with E-state index < -0.39 is 23.5 Å². The van der Waals surface area contributed by atoms with Gasteiger partial charge in [0.2, 0.25) is 0 Å². The Labute approximate surface area is 286 Å². The summed E-state index contributed by atoms with van der Waals surface area (Å²) in [6.45, 7) is 0.617. The molecule has 0 aromatic heterocycles. The van der Waals surface area contributed by atoms with Gasteiger partial charge < -0.3 is 20.8 Å². The van der Waals surface area contributed by atoms with Gasteiger partial charge in [-0.3, -0.25) is 9.59 Å². The average molecular weight is 669 g/mol. The van der Waals surface area contributed by atoms with Crippen molar-refractivity contribution in [3.8, 4) is 0 Å². The first-order chi connectivity index (χ1) is 23.0. The minimum atomic E-state index is -0.786. The smallest absolute Gasteiger partial charge is 0.279 e. The van der Waals surface area contributed by atoms with Crippen LogP contribution < -0.4 is 10.6 Å². The van der Waals surface area contributed by atoms with Crippen molar-refractivity contribution in [2.75, 3.05) is 13.2 Å². The lowest BCUT2D eigenvalue weighted by atomic mass is 10.0. The highest BCUT2D eigenvalue weighted by molar-refractivity contribution is 5.93. The topological polar surface area (TPSA) is 98.7 Å². The Bertz CT molecular complexity index is 770. The summed E-state index contributed by atoms with van der Waals surface area (Å²) in [7, 11) is 0. The molecule has 0 bridgehead atoms. The Hall–Kier alpha value is -1.80. The number of aliphatic hydroxyl groups excluding tert-OH is 2. The van der Waals surface area contributed by atoms with Gasteiger partial charge >= 0.3 is 0 Å². The van der Waals surface area contributed by atoms with Gasteiger partial charge in [-0.05, 0) is 57.1 Å². The van der Waals surface area contributed by atoms with E-state index in [1.54, 1.807) is 0 Å². The summed E-state index contributed by atoms with van der Waals surface area (Å²) in [5.41, 5.74) is 0. The van der Waals surface area contributed by atoms with Crippen LogP contribution in [-0.2, 0) is 9.59 Å². The van der Waals surface area contributed by atoms with Crippen LogP contribution in [0, 0.1) is 0 Å². The lowest BCUT2D eigenvalue weighted by Crippen LogP contribution is -2.35. The molecule has 0 spiro atoms. The summed E-state index contributed by atoms with van der Waals surface area (Å²) >= 11 is 0. The summed E-state index contributed by atoms with van der Waals surface area (Å²) in [5.74, 6) is -3.10. The number of hydrogen-bond acceptors (Lipinski definition) is 4. The fourth-order valence-electron chi connectivity index (χ4n) is 6.03. The number of rotatable bonds is 34. The molecule has 0 saturated heterocycles. The zero-order valence-electron chi connectivity index (χ0n) is 29.7. The normalized spacial score (nSPS) is 16.4. The van der Waals surface area contributed by atoms with Crippen LogP contribution >= 0.6 is 0 Å². The molecular formula is C39H70F2N2O4. The fourth-order valence-corrected chi connectivity index (χ4v) is 6.03. The third-order valence-electron chi connectivity index (χ3n) is 9.23. The number of amides is 2. The molecule has 0 aromatic rings. The highest BCUT2D eigenvalue weighted by Crippen LogP contribution is 2.23. The number of halogens is 2. The van der Waals surface area contributed by atoms with Gasteiger partial charge in [0, 0.05) is 13.2 Å². The van der Waals surface area contributed by atoms with Gasteiger partial charge in [-0.2, -0.15) is 0 Å². The second-order valence-electron chi connectivity index (χ2n) is 13.7. The van der Waals surface area contributed by atoms with E-state index in [0.29, 0.717) is 32.5 Å². The molecule has 1 rings (SSSR count). The molecule has 1 fully saturated rings. The molecule has 0 aromatic carbocycles. The second-order valence-corrected chi connectivity index (χ2v) is 13.7. The number of hydrogen-bond donors (Lipinski definition) is 4. The van der Waals surface area contributed by atoms with Gasteiger partial charge in [-0.15, -0.1) is 0 Å². The standard InChI is InChI=1S/C39H70F2N2O4/c40-34(29-25-21-17-13-9-5-1-3-7-11-15-19-23-27-31-44)38(46)42-36-33-37(36)43-39(47)35(41)30-26-22-18-14-10-6-2-4-8-12-16-20-24-28-32-45/h29-30,36-37,44-45H,1-28,31-33H2,(H,42,46)(H,43,47)/t36-,37-/m1/s1. The lowest BCUT2D eigenvalue weighted by Gasteiger charge is -2.05. The Morgan fingerprint density at radius 3 is 0.936 bits per heavy atom. The minimum absolute atomic E-state index is 0.309. The molecule has 0 heterocycles. The van der Waals surface area contributed by atoms with Gasteiger partial charge in [0.25, 0.3) is 11.8 Å². The molecule has 8 heteroatoms. The Morgan fingerprint density at radius 2 is 0.681 bits per heavy atom. The molecule has 4 N–H and O–H groups in total. The van der Waals surface area contributed by atoms with Crippen molar-refractivity contribution >= 4 is 11.8 Å². The summed E-state index contributed by atoms with van der Waals surface area (Å²) in [5, 5.41) is 22.8. The van der Waals surface area contributed by atoms with E-state index in [9.17, 15) is 18.4 Å². The van der Waals surface area contributed by atoms with Gasteiger partial charge in [0.05, 0.1) is 12.1 Å². The molecule has 274 valence electrons. The molecule has 0 unspecified atom stereocenters. The maximum Gasteiger partial charge on any atom is 0.279 e. The zero-order chi connectivity index (χ0) is 34.2. The van der Waals surface area contributed by atoms with Gasteiger partial charge in [-0.1, -0.05) is 141 Å². The Balaban J connectivity index is 1.96. The van der Waals surface area contributed by atoms with E-state index in [1.807, 2.05) is 0 Å². The van der Waals surface area contributed by atoms with E-state index >= 15 is 0 Å². The summed E-state index contributed by atoms with van der Waals surface area (Å²) in [6.07, 6.45) is 34.6. The summed E-state index contributed by atoms with van der Waals surface area (Å²) < 4.78 is 28.4. The highest BCUT2D eigenvalue weighted by Gasteiger charge is 2.40. The quantitative estimate of drug-likeness (QED) is 0.0405. The van der Waals surface area contributed by atoms with Crippen LogP contribution in [0.25, 0.3) is 0 Å². The third-order valence-corrected chi connectivity index (χ3v) is 9.23. The molecule has 2 atom stereocenters. The van der Waals surface area contributed by atoms with Crippen LogP contribution in [0.5, 0.6) is 0 Å². The molecule has 0 aliphatic heterocycles. The first-order valence-electron chi connectivity index (χ1n) is 19.5. The summed E-state index contributed by atoms with van der Waals surface area (Å²) in [4.78, 5) is 24.3. The monoisotopic (exact) mass is 669 g/mol. The highest BCUT2D eigenvalue weighted by atomic mass is 19.1. The van der Waals surface area contributed by atoms with Crippen molar-refractivity contribution in [1.29, 1.82) is 0 Å². The second kappa shape index (κ2) is 31.5. The molecular weight excluding hydrogens is 598 g/mol. The van der Waals surface area contributed by atoms with Crippen molar-refractivity contribution in [2.45, 2.75) is 198 Å². The van der Waals surface area contributed by atoms with E-state index in [1.165, 1.54) is 115 Å². The van der Waals surface area contributed by atoms with Crippen LogP contribution in [0.3, 0.4) is 0 Å². The van der Waals surface area contributed by atoms with E-state index in [-0.39, 0.29) is 12.1 Å². The molecule has 1 aliphatic carbocycles. The number of nitrogens with one attached hydrogen (secondary N) is 2. The number of carbonyl (C=O) groups excluding carboxylic acids is 2. The van der Waals surface area contributed by atoms with E-state index in [4.69, 9.17) is 10.2 Å². The number of aliphatic hydroxyl groups is 2. The molecule has 47 heavy (non-hydrogen) atoms. The van der Waals surface area contributed by atoms with Gasteiger partial charge in [-0.25, -0.2) is 8.78 Å². The van der Waals surface area contributed by atoms with Crippen molar-refractivity contribution in [3.05, 3.63) is 23.8 Å². The fraction of sp³-hybridized carbons (Fsp3) is 0.846. The number of unbranched alkanes of at least 4 members (excludes halogenated alkanes) is 26. The van der Waals surface area contributed by atoms with Crippen molar-refractivity contribution < 1.29 is 28.6 Å².